The average Bonchev–Trinajstić information content (AvgIpc) is 2.79. The predicted octanol–water partition coefficient (Wildman–Crippen LogP) is 6.71. The topological polar surface area (TPSA) is 78.6 Å². The lowest BCUT2D eigenvalue weighted by Crippen LogP contribution is -2.63. The molecule has 0 amide bonds. The fraction of sp³-hybridized carbons (Fsp3) is 0.688. The summed E-state index contributed by atoms with van der Waals surface area (Å²) in [5.74, 6) is 0.481. The van der Waals surface area contributed by atoms with Crippen LogP contribution in [0.15, 0.2) is 17.7 Å². The molecule has 2 N–H and O–H groups in total. The molecule has 0 saturated heterocycles. The molecule has 0 bridgehead atoms. The van der Waals surface area contributed by atoms with Gasteiger partial charge >= 0.3 is 11.9 Å². The number of hydrogen-bond donors (Lipinski definition) is 1. The van der Waals surface area contributed by atoms with Crippen LogP contribution < -0.4 is 15.2 Å². The molecule has 1 aromatic carbocycles. The maximum Gasteiger partial charge on any atom is 0.308 e. The molecule has 3 fully saturated rings. The number of ether oxygens (including phenoxy) is 2. The van der Waals surface area contributed by atoms with E-state index in [9.17, 15) is 9.59 Å². The van der Waals surface area contributed by atoms with Gasteiger partial charge in [0.05, 0.1) is 0 Å². The van der Waals surface area contributed by atoms with Gasteiger partial charge in [0.15, 0.2) is 11.5 Å². The summed E-state index contributed by atoms with van der Waals surface area (Å²) in [6.07, 6.45) is 11.3. The lowest BCUT2D eigenvalue weighted by molar-refractivity contribution is -0.148. The molecular formula is C32H45NO4. The third-order valence-corrected chi connectivity index (χ3v) is 11.6. The molecule has 202 valence electrons. The first-order valence-corrected chi connectivity index (χ1v) is 14.1. The lowest BCUT2D eigenvalue weighted by Gasteiger charge is -2.70. The van der Waals surface area contributed by atoms with Crippen LogP contribution in [-0.2, 0) is 21.4 Å². The third-order valence-electron chi connectivity index (χ3n) is 11.6. The Bertz CT molecular complexity index is 1210. The highest BCUT2D eigenvalue weighted by molar-refractivity contribution is 5.76. The zero-order valence-corrected chi connectivity index (χ0v) is 24.1. The molecule has 5 heteroatoms. The maximum absolute atomic E-state index is 12.0. The highest BCUT2D eigenvalue weighted by Crippen LogP contribution is 2.74. The van der Waals surface area contributed by atoms with Crippen molar-refractivity contribution in [3.05, 3.63) is 34.4 Å². The number of carbonyl (C=O) groups excluding carboxylic acids is 2. The summed E-state index contributed by atoms with van der Waals surface area (Å²) in [4.78, 5) is 23.9. The van der Waals surface area contributed by atoms with E-state index in [1.165, 1.54) is 44.2 Å². The first-order chi connectivity index (χ1) is 17.1. The highest BCUT2D eigenvalue weighted by Gasteiger charge is 2.66. The van der Waals surface area contributed by atoms with Gasteiger partial charge in [0.2, 0.25) is 0 Å². The fourth-order valence-corrected chi connectivity index (χ4v) is 9.20. The summed E-state index contributed by atoms with van der Waals surface area (Å²) in [6.45, 7) is 17.0. The quantitative estimate of drug-likeness (QED) is 0.273. The van der Waals surface area contributed by atoms with Gasteiger partial charge in [-0.2, -0.15) is 0 Å². The number of benzene rings is 1. The number of esters is 2. The molecule has 6 atom stereocenters. The summed E-state index contributed by atoms with van der Waals surface area (Å²) < 4.78 is 11.2. The SMILES string of the molecule is CC(=O)Oc1cc2c(c(C)c1OC(C)=O)CC=C1[C@@]2(C)CC[C@@]2(C)[C@@H]3C[C@](C)(N)CC[C@]3(C)CC[C@]12C. The minimum atomic E-state index is -0.416. The molecule has 4 aliphatic rings. The Morgan fingerprint density at radius 3 is 2.22 bits per heavy atom. The van der Waals surface area contributed by atoms with E-state index in [1.54, 1.807) is 5.57 Å². The average molecular weight is 508 g/mol. The molecule has 0 unspecified atom stereocenters. The number of allylic oxidation sites excluding steroid dienone is 2. The van der Waals surface area contributed by atoms with Crippen molar-refractivity contribution in [3.63, 3.8) is 0 Å². The van der Waals surface area contributed by atoms with Gasteiger partial charge < -0.3 is 15.2 Å². The maximum atomic E-state index is 12.0. The minimum Gasteiger partial charge on any atom is -0.423 e. The Morgan fingerprint density at radius 2 is 1.57 bits per heavy atom. The molecule has 0 heterocycles. The van der Waals surface area contributed by atoms with Crippen molar-refractivity contribution in [1.29, 1.82) is 0 Å². The number of carbonyl (C=O) groups is 2. The molecule has 5 nitrogen and oxygen atoms in total. The molecule has 5 rings (SSSR count). The molecule has 0 aliphatic heterocycles. The van der Waals surface area contributed by atoms with E-state index in [4.69, 9.17) is 15.2 Å². The van der Waals surface area contributed by atoms with Crippen LogP contribution in [0.25, 0.3) is 0 Å². The Kier molecular flexibility index (Phi) is 5.85. The van der Waals surface area contributed by atoms with E-state index in [-0.39, 0.29) is 21.8 Å². The molecular weight excluding hydrogens is 462 g/mol. The lowest BCUT2D eigenvalue weighted by atomic mass is 9.35. The summed E-state index contributed by atoms with van der Waals surface area (Å²) in [7, 11) is 0. The van der Waals surface area contributed by atoms with E-state index in [1.807, 2.05) is 13.0 Å². The summed E-state index contributed by atoms with van der Waals surface area (Å²) in [5, 5.41) is 0. The van der Waals surface area contributed by atoms with Gasteiger partial charge in [-0.3, -0.25) is 9.59 Å². The minimum absolute atomic E-state index is 0.0688. The van der Waals surface area contributed by atoms with Crippen LogP contribution in [0.3, 0.4) is 0 Å². The predicted molar refractivity (Wildman–Crippen MR) is 146 cm³/mol. The van der Waals surface area contributed by atoms with E-state index in [2.05, 4.69) is 40.7 Å². The van der Waals surface area contributed by atoms with Crippen LogP contribution in [0.1, 0.15) is 110 Å². The van der Waals surface area contributed by atoms with Gasteiger partial charge in [-0.1, -0.05) is 39.3 Å². The second-order valence-electron chi connectivity index (χ2n) is 14.0. The summed E-state index contributed by atoms with van der Waals surface area (Å²) in [6, 6.07) is 1.99. The second-order valence-corrected chi connectivity index (χ2v) is 14.0. The second kappa shape index (κ2) is 8.18. The van der Waals surface area contributed by atoms with Crippen LogP contribution in [0.2, 0.25) is 0 Å². The molecule has 37 heavy (non-hydrogen) atoms. The zero-order valence-electron chi connectivity index (χ0n) is 24.1. The van der Waals surface area contributed by atoms with Crippen molar-refractivity contribution >= 4 is 11.9 Å². The third kappa shape index (κ3) is 3.74. The van der Waals surface area contributed by atoms with Crippen molar-refractivity contribution in [2.24, 2.45) is 27.9 Å². The summed E-state index contributed by atoms with van der Waals surface area (Å²) in [5.41, 5.74) is 12.0. The van der Waals surface area contributed by atoms with Gasteiger partial charge in [-0.15, -0.1) is 0 Å². The Labute approximate surface area is 222 Å². The first kappa shape index (κ1) is 26.5. The van der Waals surface area contributed by atoms with Gasteiger partial charge in [-0.25, -0.2) is 0 Å². The van der Waals surface area contributed by atoms with E-state index in [0.717, 1.165) is 37.7 Å². The van der Waals surface area contributed by atoms with Crippen molar-refractivity contribution in [2.45, 2.75) is 118 Å². The van der Waals surface area contributed by atoms with Crippen LogP contribution >= 0.6 is 0 Å². The summed E-state index contributed by atoms with van der Waals surface area (Å²) >= 11 is 0. The highest BCUT2D eigenvalue weighted by atomic mass is 16.6. The van der Waals surface area contributed by atoms with Crippen LogP contribution in [-0.4, -0.2) is 17.5 Å². The molecule has 0 spiro atoms. The van der Waals surface area contributed by atoms with E-state index < -0.39 is 11.9 Å². The van der Waals surface area contributed by atoms with Crippen LogP contribution in [0.5, 0.6) is 11.5 Å². The van der Waals surface area contributed by atoms with Crippen molar-refractivity contribution < 1.29 is 19.1 Å². The monoisotopic (exact) mass is 507 g/mol. The number of nitrogens with two attached hydrogens (primary N) is 1. The van der Waals surface area contributed by atoms with Crippen molar-refractivity contribution in [3.8, 4) is 11.5 Å². The molecule has 0 radical (unpaired) electrons. The van der Waals surface area contributed by atoms with Gasteiger partial charge in [0.25, 0.3) is 0 Å². The van der Waals surface area contributed by atoms with Crippen molar-refractivity contribution in [1.82, 2.24) is 0 Å². The van der Waals surface area contributed by atoms with Crippen LogP contribution in [0, 0.1) is 29.1 Å². The fourth-order valence-electron chi connectivity index (χ4n) is 9.20. The Hall–Kier alpha value is -2.14. The van der Waals surface area contributed by atoms with Gasteiger partial charge in [0, 0.05) is 24.8 Å². The Balaban J connectivity index is 1.63. The standard InChI is InChI=1S/C32H45NO4/c1-19-22-9-10-25-30(6,23(22)17-24(36-20(2)34)27(19)37-21(3)35)14-16-32(8)26-18-29(5,33)13-11-28(26,4)12-15-31(25,32)7/h10,17,26H,9,11-16,18,33H2,1-8H3/t26-,28-,29-,30+,31-,32+/m1/s1. The number of rotatable bonds is 2. The number of hydrogen-bond acceptors (Lipinski definition) is 5. The Morgan fingerprint density at radius 1 is 0.919 bits per heavy atom. The number of fused-ring (bicyclic) bond motifs is 7. The smallest absolute Gasteiger partial charge is 0.308 e. The van der Waals surface area contributed by atoms with E-state index in [0.29, 0.717) is 22.8 Å². The molecule has 3 saturated carbocycles. The first-order valence-electron chi connectivity index (χ1n) is 14.1. The van der Waals surface area contributed by atoms with Crippen molar-refractivity contribution in [2.75, 3.05) is 0 Å². The largest absolute Gasteiger partial charge is 0.423 e. The van der Waals surface area contributed by atoms with Gasteiger partial charge in [0.1, 0.15) is 0 Å². The molecule has 1 aromatic rings. The molecule has 0 aromatic heterocycles. The zero-order chi connectivity index (χ0) is 27.2. The van der Waals surface area contributed by atoms with Gasteiger partial charge in [-0.05, 0) is 110 Å². The normalized spacial score (nSPS) is 40.4. The van der Waals surface area contributed by atoms with E-state index >= 15 is 0 Å². The van der Waals surface area contributed by atoms with Crippen LogP contribution in [0.4, 0.5) is 0 Å². The molecule has 4 aliphatic carbocycles.